The molecule has 2 aromatic heterocycles. The lowest BCUT2D eigenvalue weighted by molar-refractivity contribution is -0.120. The van der Waals surface area contributed by atoms with Gasteiger partial charge in [0, 0.05) is 61.2 Å². The molecule has 4 heterocycles. The molecule has 0 aliphatic carbocycles. The highest BCUT2D eigenvalue weighted by atomic mass is 16.1. The molecule has 1 unspecified atom stereocenters. The van der Waals surface area contributed by atoms with Crippen LogP contribution in [0.4, 0.5) is 17.2 Å². The fourth-order valence-corrected chi connectivity index (χ4v) is 5.16. The predicted octanol–water partition coefficient (Wildman–Crippen LogP) is 3.92. The largest absolute Gasteiger partial charge is 0.368 e. The number of hydrogen-bond acceptors (Lipinski definition) is 7. The summed E-state index contributed by atoms with van der Waals surface area (Å²) in [6, 6.07) is 14.5. The highest BCUT2D eigenvalue weighted by Crippen LogP contribution is 2.30. The van der Waals surface area contributed by atoms with Crippen molar-refractivity contribution in [1.29, 1.82) is 0 Å². The van der Waals surface area contributed by atoms with Gasteiger partial charge in [-0.15, -0.1) is 0 Å². The minimum absolute atomic E-state index is 0. The number of benzene rings is 2. The minimum atomic E-state index is 0. The van der Waals surface area contributed by atoms with Crippen LogP contribution in [0.2, 0.25) is 0 Å². The molecule has 37 heavy (non-hydrogen) atoms. The van der Waals surface area contributed by atoms with Crippen LogP contribution in [-0.4, -0.2) is 65.3 Å². The highest BCUT2D eigenvalue weighted by molar-refractivity contribution is 5.94. The molecule has 0 radical (unpaired) electrons. The molecule has 1 atom stereocenters. The van der Waals surface area contributed by atoms with Crippen molar-refractivity contribution in [2.75, 3.05) is 54.4 Å². The molecule has 192 valence electrons. The number of nitrogens with one attached hydrogen (secondary N) is 3. The summed E-state index contributed by atoms with van der Waals surface area (Å²) < 4.78 is 0. The molecule has 2 aliphatic rings. The summed E-state index contributed by atoms with van der Waals surface area (Å²) >= 11 is 0. The SMILES string of the molecule is C.O=C(Nc1cccc(N2CCN(c3ncnc4ccc(-c5cn[nH]c5)cc34)CC2)c1)C1CCCNC1. The topological polar surface area (TPSA) is 102 Å². The Bertz CT molecular complexity index is 1340. The van der Waals surface area contributed by atoms with E-state index in [4.69, 9.17) is 0 Å². The van der Waals surface area contributed by atoms with E-state index in [0.717, 1.165) is 91.3 Å². The van der Waals surface area contributed by atoms with Gasteiger partial charge in [0.1, 0.15) is 12.1 Å². The Kier molecular flexibility index (Phi) is 7.32. The number of rotatable bonds is 5. The van der Waals surface area contributed by atoms with Crippen LogP contribution in [0.3, 0.4) is 0 Å². The van der Waals surface area contributed by atoms with Gasteiger partial charge in [-0.1, -0.05) is 19.6 Å². The van der Waals surface area contributed by atoms with Crippen LogP contribution in [0.1, 0.15) is 20.3 Å². The number of nitrogens with zero attached hydrogens (tertiary/aromatic N) is 5. The first-order valence-corrected chi connectivity index (χ1v) is 12.6. The molecule has 0 spiro atoms. The number of H-pyrrole nitrogens is 1. The molecule has 2 aliphatic heterocycles. The lowest BCUT2D eigenvalue weighted by Gasteiger charge is -2.37. The Morgan fingerprint density at radius 1 is 1.00 bits per heavy atom. The Labute approximate surface area is 217 Å². The van der Waals surface area contributed by atoms with Crippen molar-refractivity contribution in [3.05, 3.63) is 61.2 Å². The van der Waals surface area contributed by atoms with Crippen LogP contribution < -0.4 is 20.4 Å². The first-order valence-electron chi connectivity index (χ1n) is 12.6. The molecule has 4 aromatic rings. The quantitative estimate of drug-likeness (QED) is 0.383. The van der Waals surface area contributed by atoms with Crippen molar-refractivity contribution in [3.8, 4) is 11.1 Å². The summed E-state index contributed by atoms with van der Waals surface area (Å²) in [6.07, 6.45) is 7.37. The third kappa shape index (κ3) is 5.27. The molecule has 0 saturated carbocycles. The molecule has 6 rings (SSSR count). The number of fused-ring (bicyclic) bond motifs is 1. The van der Waals surface area contributed by atoms with E-state index in [-0.39, 0.29) is 19.3 Å². The van der Waals surface area contributed by atoms with Crippen LogP contribution in [-0.2, 0) is 4.79 Å². The van der Waals surface area contributed by atoms with E-state index in [9.17, 15) is 4.79 Å². The van der Waals surface area contributed by atoms with Gasteiger partial charge < -0.3 is 20.4 Å². The van der Waals surface area contributed by atoms with E-state index in [1.165, 1.54) is 0 Å². The van der Waals surface area contributed by atoms with Crippen molar-refractivity contribution in [2.24, 2.45) is 5.92 Å². The minimum Gasteiger partial charge on any atom is -0.368 e. The normalized spacial score (nSPS) is 17.9. The van der Waals surface area contributed by atoms with Crippen LogP contribution in [0.5, 0.6) is 0 Å². The smallest absolute Gasteiger partial charge is 0.228 e. The standard InChI is InChI=1S/C27H30N8O.CH4/c36-27(20-3-2-8-28-15-20)33-22-4-1-5-23(14-22)34-9-11-35(12-10-34)26-24-13-19(21-16-31-32-17-21)6-7-25(24)29-18-30-26;/h1,4-7,13-14,16-18,20,28H,2-3,8-12,15H2,(H,31,32)(H,33,36);1H4. The summed E-state index contributed by atoms with van der Waals surface area (Å²) in [5, 5.41) is 14.4. The summed E-state index contributed by atoms with van der Waals surface area (Å²) in [5.74, 6) is 1.12. The zero-order chi connectivity index (χ0) is 24.3. The van der Waals surface area contributed by atoms with Gasteiger partial charge in [0.05, 0.1) is 17.6 Å². The lowest BCUT2D eigenvalue weighted by Crippen LogP contribution is -2.47. The zero-order valence-electron chi connectivity index (χ0n) is 20.2. The summed E-state index contributed by atoms with van der Waals surface area (Å²) in [6.45, 7) is 5.21. The molecule has 2 aromatic carbocycles. The van der Waals surface area contributed by atoms with Crippen LogP contribution >= 0.6 is 0 Å². The maximum Gasteiger partial charge on any atom is 0.228 e. The van der Waals surface area contributed by atoms with Crippen LogP contribution in [0, 0.1) is 5.92 Å². The highest BCUT2D eigenvalue weighted by Gasteiger charge is 2.23. The molecule has 9 nitrogen and oxygen atoms in total. The first-order chi connectivity index (χ1) is 17.7. The molecule has 0 bridgehead atoms. The number of carbonyl (C=O) groups is 1. The molecule has 2 saturated heterocycles. The van der Waals surface area contributed by atoms with Gasteiger partial charge in [-0.3, -0.25) is 9.89 Å². The van der Waals surface area contributed by atoms with Gasteiger partial charge >= 0.3 is 0 Å². The maximum absolute atomic E-state index is 12.7. The molecular weight excluding hydrogens is 464 g/mol. The average molecular weight is 499 g/mol. The molecular formula is C28H34N8O. The number of aromatic nitrogens is 4. The molecule has 1 amide bonds. The number of amides is 1. The number of hydrogen-bond donors (Lipinski definition) is 3. The van der Waals surface area contributed by atoms with Crippen LogP contribution in [0.15, 0.2) is 61.2 Å². The van der Waals surface area contributed by atoms with Crippen molar-refractivity contribution >= 4 is 34.0 Å². The number of anilines is 3. The summed E-state index contributed by atoms with van der Waals surface area (Å²) in [4.78, 5) is 26.5. The second-order valence-corrected chi connectivity index (χ2v) is 9.47. The van der Waals surface area contributed by atoms with E-state index in [1.807, 2.05) is 30.6 Å². The van der Waals surface area contributed by atoms with Gasteiger partial charge in [0.15, 0.2) is 0 Å². The Hall–Kier alpha value is -3.98. The Morgan fingerprint density at radius 3 is 2.65 bits per heavy atom. The fraction of sp³-hybridized carbons (Fsp3) is 0.357. The predicted molar refractivity (Wildman–Crippen MR) is 149 cm³/mol. The average Bonchev–Trinajstić information content (AvgIpc) is 3.48. The van der Waals surface area contributed by atoms with E-state index >= 15 is 0 Å². The van der Waals surface area contributed by atoms with Gasteiger partial charge in [0.2, 0.25) is 5.91 Å². The van der Waals surface area contributed by atoms with Crippen molar-refractivity contribution in [1.82, 2.24) is 25.5 Å². The van der Waals surface area contributed by atoms with E-state index < -0.39 is 0 Å². The Morgan fingerprint density at radius 2 is 1.86 bits per heavy atom. The zero-order valence-corrected chi connectivity index (χ0v) is 20.2. The van der Waals surface area contributed by atoms with Gasteiger partial charge in [-0.05, 0) is 55.3 Å². The van der Waals surface area contributed by atoms with Crippen molar-refractivity contribution in [3.63, 3.8) is 0 Å². The Balaban J connectivity index is 0.00000280. The van der Waals surface area contributed by atoms with E-state index in [1.54, 1.807) is 6.33 Å². The van der Waals surface area contributed by atoms with Gasteiger partial charge in [0.25, 0.3) is 0 Å². The van der Waals surface area contributed by atoms with Gasteiger partial charge in [-0.2, -0.15) is 5.10 Å². The lowest BCUT2D eigenvalue weighted by atomic mass is 9.99. The van der Waals surface area contributed by atoms with Crippen LogP contribution in [0.25, 0.3) is 22.0 Å². The molecule has 2 fully saturated rings. The number of carbonyl (C=O) groups excluding carboxylic acids is 1. The molecule has 3 N–H and O–H groups in total. The number of aromatic amines is 1. The van der Waals surface area contributed by atoms with E-state index in [2.05, 4.69) is 64.9 Å². The van der Waals surface area contributed by atoms with Crippen molar-refractivity contribution < 1.29 is 4.79 Å². The van der Waals surface area contributed by atoms with Gasteiger partial charge in [-0.25, -0.2) is 9.97 Å². The maximum atomic E-state index is 12.7. The second kappa shape index (κ2) is 11.0. The monoisotopic (exact) mass is 498 g/mol. The summed E-state index contributed by atoms with van der Waals surface area (Å²) in [7, 11) is 0. The molecule has 9 heteroatoms. The second-order valence-electron chi connectivity index (χ2n) is 9.47. The first kappa shape index (κ1) is 24.7. The summed E-state index contributed by atoms with van der Waals surface area (Å²) in [5.41, 5.74) is 5.06. The number of piperazine rings is 1. The van der Waals surface area contributed by atoms with Crippen molar-refractivity contribution in [2.45, 2.75) is 20.3 Å². The third-order valence-electron chi connectivity index (χ3n) is 7.17. The third-order valence-corrected chi connectivity index (χ3v) is 7.17. The fourth-order valence-electron chi connectivity index (χ4n) is 5.16. The number of piperidine rings is 1. The van der Waals surface area contributed by atoms with E-state index in [0.29, 0.717) is 0 Å².